The van der Waals surface area contributed by atoms with E-state index in [1.807, 2.05) is 57.3 Å². The normalized spacial score (nSPS) is 14.0. The van der Waals surface area contributed by atoms with Crippen molar-refractivity contribution in [2.24, 2.45) is 0 Å². The lowest BCUT2D eigenvalue weighted by molar-refractivity contribution is 0.0542. The van der Waals surface area contributed by atoms with Crippen LogP contribution in [0.25, 0.3) is 10.9 Å². The second kappa shape index (κ2) is 7.59. The number of pyridine rings is 1. The second-order valence-corrected chi connectivity index (χ2v) is 8.72. The van der Waals surface area contributed by atoms with Gasteiger partial charge in [-0.2, -0.15) is 0 Å². The number of methoxy groups -OCH3 is 1. The molecule has 1 saturated carbocycles. The van der Waals surface area contributed by atoms with Gasteiger partial charge in [0, 0.05) is 24.2 Å². The number of esters is 1. The van der Waals surface area contributed by atoms with Crippen LogP contribution in [0.4, 0.5) is 4.79 Å². The van der Waals surface area contributed by atoms with E-state index in [1.165, 1.54) is 11.7 Å². The van der Waals surface area contributed by atoms with Gasteiger partial charge in [0.2, 0.25) is 0 Å². The third-order valence-electron chi connectivity index (χ3n) is 5.22. The van der Waals surface area contributed by atoms with Crippen molar-refractivity contribution in [2.75, 3.05) is 7.11 Å². The molecule has 3 aromatic rings. The van der Waals surface area contributed by atoms with Crippen LogP contribution in [0.2, 0.25) is 0 Å². The molecule has 0 unspecified atom stereocenters. The quantitative estimate of drug-likeness (QED) is 0.566. The van der Waals surface area contributed by atoms with Crippen LogP contribution < -0.4 is 0 Å². The van der Waals surface area contributed by atoms with E-state index in [0.717, 1.165) is 34.9 Å². The summed E-state index contributed by atoms with van der Waals surface area (Å²) in [7, 11) is 1.39. The van der Waals surface area contributed by atoms with Gasteiger partial charge in [-0.25, -0.2) is 9.59 Å². The van der Waals surface area contributed by atoms with Crippen molar-refractivity contribution < 1.29 is 19.1 Å². The van der Waals surface area contributed by atoms with E-state index < -0.39 is 11.7 Å². The van der Waals surface area contributed by atoms with Crippen molar-refractivity contribution in [2.45, 2.75) is 51.6 Å². The maximum atomic E-state index is 12.6. The van der Waals surface area contributed by atoms with Crippen molar-refractivity contribution in [1.82, 2.24) is 9.55 Å². The van der Waals surface area contributed by atoms with Gasteiger partial charge in [-0.05, 0) is 68.9 Å². The van der Waals surface area contributed by atoms with E-state index in [-0.39, 0.29) is 5.97 Å². The summed E-state index contributed by atoms with van der Waals surface area (Å²) < 4.78 is 12.0. The summed E-state index contributed by atoms with van der Waals surface area (Å²) >= 11 is 0. The van der Waals surface area contributed by atoms with Crippen LogP contribution in [0.5, 0.6) is 0 Å². The highest BCUT2D eigenvalue weighted by Gasteiger charge is 2.26. The van der Waals surface area contributed by atoms with E-state index in [0.29, 0.717) is 23.6 Å². The van der Waals surface area contributed by atoms with Crippen LogP contribution in [-0.2, 0) is 15.9 Å². The van der Waals surface area contributed by atoms with Crippen molar-refractivity contribution in [1.29, 1.82) is 0 Å². The molecule has 0 radical (unpaired) electrons. The molecule has 0 spiro atoms. The number of aromatic nitrogens is 2. The Labute approximate surface area is 175 Å². The fraction of sp³-hybridized carbons (Fsp3) is 0.375. The maximum absolute atomic E-state index is 12.6. The molecular weight excluding hydrogens is 380 g/mol. The molecule has 6 heteroatoms. The highest BCUT2D eigenvalue weighted by molar-refractivity contribution is 5.93. The number of nitrogens with zero attached hydrogens (tertiary/aromatic N) is 2. The molecule has 1 aliphatic rings. The summed E-state index contributed by atoms with van der Waals surface area (Å²) in [6, 6.07) is 9.57. The van der Waals surface area contributed by atoms with E-state index >= 15 is 0 Å². The van der Waals surface area contributed by atoms with E-state index in [1.54, 1.807) is 6.20 Å². The van der Waals surface area contributed by atoms with Crippen molar-refractivity contribution in [3.8, 4) is 0 Å². The SMILES string of the molecule is COC(=O)c1cc(C2CC2)cnc1Cc1cccc2c1ccn2C(=O)OC(C)(C)C. The number of hydrogen-bond acceptors (Lipinski definition) is 5. The number of benzene rings is 1. The first-order valence-corrected chi connectivity index (χ1v) is 10.2. The Bertz CT molecular complexity index is 1120. The highest BCUT2D eigenvalue weighted by Crippen LogP contribution is 2.40. The molecule has 0 atom stereocenters. The van der Waals surface area contributed by atoms with Crippen molar-refractivity contribution >= 4 is 23.0 Å². The van der Waals surface area contributed by atoms with Gasteiger partial charge < -0.3 is 9.47 Å². The summed E-state index contributed by atoms with van der Waals surface area (Å²) in [5.74, 6) is 0.125. The predicted molar refractivity (Wildman–Crippen MR) is 114 cm³/mol. The molecular formula is C24H26N2O4. The minimum Gasteiger partial charge on any atom is -0.465 e. The maximum Gasteiger partial charge on any atom is 0.418 e. The second-order valence-electron chi connectivity index (χ2n) is 8.72. The largest absolute Gasteiger partial charge is 0.465 e. The van der Waals surface area contributed by atoms with Gasteiger partial charge in [0.25, 0.3) is 0 Å². The average Bonchev–Trinajstić information content (AvgIpc) is 3.45. The monoisotopic (exact) mass is 406 g/mol. The molecule has 30 heavy (non-hydrogen) atoms. The summed E-state index contributed by atoms with van der Waals surface area (Å²) in [5.41, 5.74) is 3.43. The first-order valence-electron chi connectivity index (χ1n) is 10.2. The van der Waals surface area contributed by atoms with Crippen molar-refractivity contribution in [3.63, 3.8) is 0 Å². The zero-order valence-corrected chi connectivity index (χ0v) is 17.8. The lowest BCUT2D eigenvalue weighted by Gasteiger charge is -2.19. The number of fused-ring (bicyclic) bond motifs is 1. The Balaban J connectivity index is 1.69. The first-order chi connectivity index (χ1) is 14.3. The van der Waals surface area contributed by atoms with Gasteiger partial charge in [-0.1, -0.05) is 12.1 Å². The molecule has 6 nitrogen and oxygen atoms in total. The van der Waals surface area contributed by atoms with E-state index in [2.05, 4.69) is 4.98 Å². The van der Waals surface area contributed by atoms with Gasteiger partial charge in [0.15, 0.2) is 0 Å². The molecule has 4 rings (SSSR count). The van der Waals surface area contributed by atoms with Gasteiger partial charge in [-0.3, -0.25) is 9.55 Å². The Morgan fingerprint density at radius 3 is 2.63 bits per heavy atom. The molecule has 0 saturated heterocycles. The summed E-state index contributed by atoms with van der Waals surface area (Å²) in [5, 5.41) is 0.923. The van der Waals surface area contributed by atoms with Crippen LogP contribution in [0.1, 0.15) is 66.7 Å². The number of rotatable bonds is 4. The first kappa shape index (κ1) is 20.1. The lowest BCUT2D eigenvalue weighted by Crippen LogP contribution is -2.26. The van der Waals surface area contributed by atoms with Gasteiger partial charge >= 0.3 is 12.1 Å². The third-order valence-corrected chi connectivity index (χ3v) is 5.22. The van der Waals surface area contributed by atoms with Crippen molar-refractivity contribution in [3.05, 3.63) is 65.1 Å². The number of carbonyl (C=O) groups excluding carboxylic acids is 2. The standard InChI is InChI=1S/C24H26N2O4/c1-24(2,3)30-23(28)26-11-10-18-16(6-5-7-21(18)26)13-20-19(22(27)29-4)12-17(14-25-20)15-8-9-15/h5-7,10-12,14-15H,8-9,13H2,1-4H3. The highest BCUT2D eigenvalue weighted by atomic mass is 16.6. The number of hydrogen-bond donors (Lipinski definition) is 0. The topological polar surface area (TPSA) is 70.4 Å². The third kappa shape index (κ3) is 4.08. The Hall–Kier alpha value is -3.15. The zero-order valence-electron chi connectivity index (χ0n) is 17.8. The molecule has 1 fully saturated rings. The Morgan fingerprint density at radius 2 is 1.97 bits per heavy atom. The molecule has 0 N–H and O–H groups in total. The van der Waals surface area contributed by atoms with Gasteiger partial charge in [0.1, 0.15) is 5.60 Å². The Morgan fingerprint density at radius 1 is 1.20 bits per heavy atom. The van der Waals surface area contributed by atoms with Crippen LogP contribution in [-0.4, -0.2) is 34.3 Å². The van der Waals surface area contributed by atoms with E-state index in [9.17, 15) is 9.59 Å². The average molecular weight is 406 g/mol. The lowest BCUT2D eigenvalue weighted by atomic mass is 10.00. The summed E-state index contributed by atoms with van der Waals surface area (Å²) in [4.78, 5) is 29.5. The molecule has 156 valence electrons. The fourth-order valence-electron chi connectivity index (χ4n) is 3.61. The minimum atomic E-state index is -0.575. The molecule has 0 bridgehead atoms. The van der Waals surface area contributed by atoms with E-state index in [4.69, 9.17) is 9.47 Å². The zero-order chi connectivity index (χ0) is 21.5. The molecule has 2 heterocycles. The molecule has 0 aliphatic heterocycles. The summed E-state index contributed by atoms with van der Waals surface area (Å²) in [6.07, 6.45) is 5.90. The fourth-order valence-corrected chi connectivity index (χ4v) is 3.61. The van der Waals surface area contributed by atoms with Gasteiger partial charge in [-0.15, -0.1) is 0 Å². The molecule has 0 amide bonds. The molecule has 2 aromatic heterocycles. The minimum absolute atomic E-state index is 0.376. The van der Waals surface area contributed by atoms with Gasteiger partial charge in [0.05, 0.1) is 23.9 Å². The molecule has 1 aromatic carbocycles. The summed E-state index contributed by atoms with van der Waals surface area (Å²) in [6.45, 7) is 5.52. The van der Waals surface area contributed by atoms with Crippen LogP contribution in [0.15, 0.2) is 42.7 Å². The van der Waals surface area contributed by atoms with Crippen LogP contribution in [0, 0.1) is 0 Å². The van der Waals surface area contributed by atoms with Crippen LogP contribution >= 0.6 is 0 Å². The smallest absolute Gasteiger partial charge is 0.418 e. The molecule has 1 aliphatic carbocycles. The Kier molecular flexibility index (Phi) is 5.10. The number of carbonyl (C=O) groups is 2. The predicted octanol–water partition coefficient (Wildman–Crippen LogP) is 5.07. The number of ether oxygens (including phenoxy) is 2. The van der Waals surface area contributed by atoms with Crippen LogP contribution in [0.3, 0.4) is 0 Å².